The van der Waals surface area contributed by atoms with Crippen molar-refractivity contribution in [3.8, 4) is 0 Å². The van der Waals surface area contributed by atoms with Crippen molar-refractivity contribution in [2.24, 2.45) is 0 Å². The molecule has 1 aromatic rings. The van der Waals surface area contributed by atoms with Gasteiger partial charge >= 0.3 is 5.69 Å². The van der Waals surface area contributed by atoms with Gasteiger partial charge in [-0.3, -0.25) is 10.1 Å². The predicted molar refractivity (Wildman–Crippen MR) is 56.2 cm³/mol. The van der Waals surface area contributed by atoms with Crippen molar-refractivity contribution in [1.82, 2.24) is 4.98 Å². The summed E-state index contributed by atoms with van der Waals surface area (Å²) in [4.78, 5) is 13.8. The number of rotatable bonds is 4. The molecule has 80 valence electrons. The molecule has 0 spiro atoms. The standard InChI is InChI=1S/C9H11N3O3/c1-15-6-2-3-7-4-5-11-9(10)8(7)12(13)14/h2-5H,6H2,1H3,(H2,10,11). The number of hydrogen-bond donors (Lipinski definition) is 1. The summed E-state index contributed by atoms with van der Waals surface area (Å²) in [6.45, 7) is 0.388. The van der Waals surface area contributed by atoms with E-state index in [1.165, 1.54) is 12.3 Å². The first-order valence-corrected chi connectivity index (χ1v) is 4.21. The first-order valence-electron chi connectivity index (χ1n) is 4.21. The Bertz CT molecular complexity index is 390. The van der Waals surface area contributed by atoms with Gasteiger partial charge < -0.3 is 10.5 Å². The average molecular weight is 209 g/mol. The first-order chi connectivity index (χ1) is 7.16. The Kier molecular flexibility index (Phi) is 3.75. The lowest BCUT2D eigenvalue weighted by atomic mass is 10.2. The minimum atomic E-state index is -0.547. The van der Waals surface area contributed by atoms with Crippen LogP contribution in [-0.2, 0) is 4.74 Å². The smallest absolute Gasteiger partial charge is 0.318 e. The molecule has 15 heavy (non-hydrogen) atoms. The van der Waals surface area contributed by atoms with E-state index in [0.717, 1.165) is 0 Å². The maximum absolute atomic E-state index is 10.7. The third kappa shape index (κ3) is 2.75. The Morgan fingerprint density at radius 3 is 3.07 bits per heavy atom. The summed E-state index contributed by atoms with van der Waals surface area (Å²) in [5.41, 5.74) is 5.65. The van der Waals surface area contributed by atoms with Crippen LogP contribution in [0.5, 0.6) is 0 Å². The molecule has 0 fully saturated rings. The minimum absolute atomic E-state index is 0.0837. The third-order valence-corrected chi connectivity index (χ3v) is 1.73. The van der Waals surface area contributed by atoms with Gasteiger partial charge in [-0.25, -0.2) is 4.98 Å². The Hall–Kier alpha value is -1.95. The molecular weight excluding hydrogens is 198 g/mol. The van der Waals surface area contributed by atoms with Gasteiger partial charge in [0.25, 0.3) is 0 Å². The zero-order valence-electron chi connectivity index (χ0n) is 8.21. The van der Waals surface area contributed by atoms with Crippen LogP contribution >= 0.6 is 0 Å². The second kappa shape index (κ2) is 5.06. The van der Waals surface area contributed by atoms with Crippen LogP contribution in [0.3, 0.4) is 0 Å². The van der Waals surface area contributed by atoms with Crippen LogP contribution in [0.25, 0.3) is 6.08 Å². The fourth-order valence-electron chi connectivity index (χ4n) is 1.09. The van der Waals surface area contributed by atoms with E-state index in [2.05, 4.69) is 4.98 Å². The zero-order chi connectivity index (χ0) is 11.3. The molecule has 2 N–H and O–H groups in total. The Balaban J connectivity index is 3.06. The van der Waals surface area contributed by atoms with Crippen LogP contribution in [0.4, 0.5) is 11.5 Å². The summed E-state index contributed by atoms with van der Waals surface area (Å²) < 4.78 is 4.79. The largest absolute Gasteiger partial charge is 0.381 e. The van der Waals surface area contributed by atoms with Gasteiger partial charge in [0.05, 0.1) is 17.1 Å². The van der Waals surface area contributed by atoms with Crippen molar-refractivity contribution in [1.29, 1.82) is 0 Å². The third-order valence-electron chi connectivity index (χ3n) is 1.73. The lowest BCUT2D eigenvalue weighted by Gasteiger charge is -1.99. The van der Waals surface area contributed by atoms with Gasteiger partial charge in [-0.1, -0.05) is 6.08 Å². The maximum atomic E-state index is 10.7. The van der Waals surface area contributed by atoms with E-state index in [9.17, 15) is 10.1 Å². The number of hydrogen-bond acceptors (Lipinski definition) is 5. The van der Waals surface area contributed by atoms with Crippen LogP contribution in [0, 0.1) is 10.1 Å². The van der Waals surface area contributed by atoms with E-state index >= 15 is 0 Å². The van der Waals surface area contributed by atoms with Gasteiger partial charge in [-0.15, -0.1) is 0 Å². The Labute approximate surface area is 86.5 Å². The molecule has 0 unspecified atom stereocenters. The molecule has 0 radical (unpaired) electrons. The minimum Gasteiger partial charge on any atom is -0.381 e. The normalized spacial score (nSPS) is 10.7. The summed E-state index contributed by atoms with van der Waals surface area (Å²) in [6.07, 6.45) is 4.68. The summed E-state index contributed by atoms with van der Waals surface area (Å²) in [5.74, 6) is -0.0837. The summed E-state index contributed by atoms with van der Waals surface area (Å²) >= 11 is 0. The molecule has 1 heterocycles. The van der Waals surface area contributed by atoms with Gasteiger partial charge in [0, 0.05) is 13.3 Å². The van der Waals surface area contributed by atoms with E-state index in [4.69, 9.17) is 10.5 Å². The molecule has 0 saturated carbocycles. The number of ether oxygens (including phenoxy) is 1. The molecule has 1 aromatic heterocycles. The Morgan fingerprint density at radius 2 is 2.47 bits per heavy atom. The fraction of sp³-hybridized carbons (Fsp3) is 0.222. The molecule has 6 nitrogen and oxygen atoms in total. The first kappa shape index (κ1) is 11.1. The topological polar surface area (TPSA) is 91.3 Å². The Morgan fingerprint density at radius 1 is 1.73 bits per heavy atom. The van der Waals surface area contributed by atoms with Crippen molar-refractivity contribution in [2.75, 3.05) is 19.5 Å². The van der Waals surface area contributed by atoms with E-state index in [0.29, 0.717) is 12.2 Å². The SMILES string of the molecule is COCC=Cc1ccnc(N)c1[N+](=O)[O-]. The number of aromatic nitrogens is 1. The van der Waals surface area contributed by atoms with Crippen molar-refractivity contribution >= 4 is 17.6 Å². The van der Waals surface area contributed by atoms with Crippen LogP contribution < -0.4 is 5.73 Å². The summed E-state index contributed by atoms with van der Waals surface area (Å²) in [7, 11) is 1.54. The van der Waals surface area contributed by atoms with Crippen LogP contribution in [0.2, 0.25) is 0 Å². The highest BCUT2D eigenvalue weighted by atomic mass is 16.6. The van der Waals surface area contributed by atoms with Crippen LogP contribution in [-0.4, -0.2) is 23.6 Å². The van der Waals surface area contributed by atoms with Crippen molar-refractivity contribution in [3.05, 3.63) is 34.0 Å². The summed E-state index contributed by atoms with van der Waals surface area (Å²) in [5, 5.41) is 10.7. The van der Waals surface area contributed by atoms with Crippen molar-refractivity contribution in [2.45, 2.75) is 0 Å². The monoisotopic (exact) mass is 209 g/mol. The molecule has 0 aliphatic carbocycles. The molecule has 0 saturated heterocycles. The molecule has 0 aromatic carbocycles. The predicted octanol–water partition coefficient (Wildman–Crippen LogP) is 1.23. The van der Waals surface area contributed by atoms with E-state index in [-0.39, 0.29) is 11.5 Å². The van der Waals surface area contributed by atoms with E-state index in [1.807, 2.05) is 0 Å². The van der Waals surface area contributed by atoms with Crippen molar-refractivity contribution < 1.29 is 9.66 Å². The molecule has 0 aliphatic rings. The number of nitrogens with two attached hydrogens (primary N) is 1. The van der Waals surface area contributed by atoms with E-state index in [1.54, 1.807) is 19.3 Å². The highest BCUT2D eigenvalue weighted by molar-refractivity contribution is 5.68. The molecule has 0 aliphatic heterocycles. The van der Waals surface area contributed by atoms with Gasteiger partial charge in [0.2, 0.25) is 5.82 Å². The summed E-state index contributed by atoms with van der Waals surface area (Å²) in [6, 6.07) is 1.53. The quantitative estimate of drug-likeness (QED) is 0.594. The molecular formula is C9H11N3O3. The van der Waals surface area contributed by atoms with Crippen LogP contribution in [0.15, 0.2) is 18.3 Å². The van der Waals surface area contributed by atoms with Crippen molar-refractivity contribution in [3.63, 3.8) is 0 Å². The highest BCUT2D eigenvalue weighted by Gasteiger charge is 2.16. The molecule has 0 bridgehead atoms. The second-order valence-electron chi connectivity index (χ2n) is 2.75. The van der Waals surface area contributed by atoms with Gasteiger partial charge in [0.15, 0.2) is 0 Å². The number of nitrogen functional groups attached to an aromatic ring is 1. The van der Waals surface area contributed by atoms with Gasteiger partial charge in [0.1, 0.15) is 0 Å². The zero-order valence-corrected chi connectivity index (χ0v) is 8.21. The lowest BCUT2D eigenvalue weighted by molar-refractivity contribution is -0.384. The average Bonchev–Trinajstić information content (AvgIpc) is 2.17. The number of nitro groups is 1. The molecule has 6 heteroatoms. The van der Waals surface area contributed by atoms with Gasteiger partial charge in [-0.05, 0) is 12.1 Å². The number of nitrogens with zero attached hydrogens (tertiary/aromatic N) is 2. The number of pyridine rings is 1. The lowest BCUT2D eigenvalue weighted by Crippen LogP contribution is -2.00. The van der Waals surface area contributed by atoms with Gasteiger partial charge in [-0.2, -0.15) is 0 Å². The van der Waals surface area contributed by atoms with Crippen LogP contribution in [0.1, 0.15) is 5.56 Å². The molecule has 0 atom stereocenters. The van der Waals surface area contributed by atoms with E-state index < -0.39 is 4.92 Å². The molecule has 1 rings (SSSR count). The maximum Gasteiger partial charge on any atom is 0.318 e. The second-order valence-corrected chi connectivity index (χ2v) is 2.75. The highest BCUT2D eigenvalue weighted by Crippen LogP contribution is 2.24. The number of anilines is 1. The number of methoxy groups -OCH3 is 1. The molecule has 0 amide bonds. The fourth-order valence-corrected chi connectivity index (χ4v) is 1.09.